The minimum Gasteiger partial charge on any atom is -0.493 e. The van der Waals surface area contributed by atoms with Crippen LogP contribution in [0.5, 0.6) is 23.0 Å². The second kappa shape index (κ2) is 9.71. The van der Waals surface area contributed by atoms with Gasteiger partial charge < -0.3 is 19.5 Å². The van der Waals surface area contributed by atoms with Crippen LogP contribution in [-0.2, 0) is 0 Å². The average Bonchev–Trinajstić information content (AvgIpc) is 2.89. The normalized spacial score (nSPS) is 10.9. The van der Waals surface area contributed by atoms with E-state index >= 15 is 0 Å². The van der Waals surface area contributed by atoms with Gasteiger partial charge in [-0.3, -0.25) is 9.78 Å². The maximum atomic E-state index is 13.5. The van der Waals surface area contributed by atoms with E-state index in [2.05, 4.69) is 10.3 Å². The Hall–Kier alpha value is -4.36. The van der Waals surface area contributed by atoms with Crippen molar-refractivity contribution >= 4 is 44.9 Å². The van der Waals surface area contributed by atoms with Gasteiger partial charge in [-0.05, 0) is 60.0 Å². The Balaban J connectivity index is 1.45. The van der Waals surface area contributed by atoms with E-state index < -0.39 is 11.7 Å². The predicted molar refractivity (Wildman–Crippen MR) is 138 cm³/mol. The Labute approximate surface area is 211 Å². The first kappa shape index (κ1) is 23.4. The summed E-state index contributed by atoms with van der Waals surface area (Å²) >= 11 is 5.82. The van der Waals surface area contributed by atoms with Gasteiger partial charge >= 0.3 is 0 Å². The molecule has 1 amide bonds. The number of anilines is 1. The monoisotopic (exact) mass is 502 g/mol. The lowest BCUT2D eigenvalue weighted by Crippen LogP contribution is -2.12. The molecule has 0 aliphatic rings. The number of carbonyl (C=O) groups excluding carboxylic acids is 1. The molecule has 0 fully saturated rings. The van der Waals surface area contributed by atoms with Gasteiger partial charge in [0.15, 0.2) is 11.5 Å². The molecule has 6 nitrogen and oxygen atoms in total. The molecule has 4 aromatic carbocycles. The number of nitrogens with one attached hydrogen (secondary N) is 1. The molecule has 0 radical (unpaired) electrons. The number of aromatic nitrogens is 1. The number of ether oxygens (including phenoxy) is 3. The Morgan fingerprint density at radius 3 is 2.47 bits per heavy atom. The van der Waals surface area contributed by atoms with E-state index in [1.807, 2.05) is 36.4 Å². The zero-order valence-electron chi connectivity index (χ0n) is 19.3. The van der Waals surface area contributed by atoms with E-state index in [1.54, 1.807) is 38.6 Å². The molecule has 8 heteroatoms. The summed E-state index contributed by atoms with van der Waals surface area (Å²) in [7, 11) is 3.15. The summed E-state index contributed by atoms with van der Waals surface area (Å²) in [5.74, 6) is 1.40. The van der Waals surface area contributed by atoms with Crippen molar-refractivity contribution in [3.05, 3.63) is 95.4 Å². The quantitative estimate of drug-likeness (QED) is 0.265. The fraction of sp³-hybridized carbons (Fsp3) is 0.0714. The number of hydrogen-bond acceptors (Lipinski definition) is 5. The van der Waals surface area contributed by atoms with Crippen LogP contribution in [0.25, 0.3) is 21.7 Å². The molecule has 0 saturated heterocycles. The molecule has 0 atom stereocenters. The number of pyridine rings is 1. The van der Waals surface area contributed by atoms with Crippen LogP contribution >= 0.6 is 11.6 Å². The first-order valence-corrected chi connectivity index (χ1v) is 11.3. The van der Waals surface area contributed by atoms with Crippen LogP contribution in [0.3, 0.4) is 0 Å². The summed E-state index contributed by atoms with van der Waals surface area (Å²) in [4.78, 5) is 17.1. The van der Waals surface area contributed by atoms with Gasteiger partial charge in [-0.1, -0.05) is 23.7 Å². The molecule has 5 rings (SSSR count). The van der Waals surface area contributed by atoms with E-state index in [-0.39, 0.29) is 10.6 Å². The van der Waals surface area contributed by atoms with Crippen LogP contribution in [0.4, 0.5) is 10.1 Å². The lowest BCUT2D eigenvalue weighted by Gasteiger charge is -2.13. The molecule has 0 aliphatic heterocycles. The van der Waals surface area contributed by atoms with Crippen molar-refractivity contribution in [2.75, 3.05) is 19.5 Å². The van der Waals surface area contributed by atoms with E-state index in [0.717, 1.165) is 16.2 Å². The SMILES string of the molecule is COc1cc2nccc(Oc3ccc4c(NC(=O)c5ccc(F)c(Cl)c5)cccc4c3)c2cc1OC. The summed E-state index contributed by atoms with van der Waals surface area (Å²) in [6.45, 7) is 0. The molecule has 1 aromatic heterocycles. The van der Waals surface area contributed by atoms with E-state index in [1.165, 1.54) is 18.2 Å². The van der Waals surface area contributed by atoms with E-state index in [9.17, 15) is 9.18 Å². The van der Waals surface area contributed by atoms with Crippen molar-refractivity contribution in [1.82, 2.24) is 4.98 Å². The van der Waals surface area contributed by atoms with Crippen molar-refractivity contribution in [2.24, 2.45) is 0 Å². The molecule has 0 unspecified atom stereocenters. The Morgan fingerprint density at radius 1 is 0.889 bits per heavy atom. The van der Waals surface area contributed by atoms with Crippen molar-refractivity contribution in [2.45, 2.75) is 0 Å². The van der Waals surface area contributed by atoms with Gasteiger partial charge in [0.25, 0.3) is 5.91 Å². The lowest BCUT2D eigenvalue weighted by atomic mass is 10.1. The number of benzene rings is 4. The van der Waals surface area contributed by atoms with E-state index in [0.29, 0.717) is 34.2 Å². The maximum absolute atomic E-state index is 13.5. The number of rotatable bonds is 6. The molecule has 0 bridgehead atoms. The predicted octanol–water partition coefficient (Wildman–Crippen LogP) is 7.24. The molecule has 1 heterocycles. The van der Waals surface area contributed by atoms with Crippen LogP contribution in [0.2, 0.25) is 5.02 Å². The fourth-order valence-corrected chi connectivity index (χ4v) is 4.11. The maximum Gasteiger partial charge on any atom is 0.255 e. The van der Waals surface area contributed by atoms with Gasteiger partial charge in [-0.15, -0.1) is 0 Å². The van der Waals surface area contributed by atoms with Crippen molar-refractivity contribution < 1.29 is 23.4 Å². The summed E-state index contributed by atoms with van der Waals surface area (Å²) in [6, 6.07) is 20.4. The third-order valence-corrected chi connectivity index (χ3v) is 6.01. The fourth-order valence-electron chi connectivity index (χ4n) is 3.93. The van der Waals surface area contributed by atoms with Gasteiger partial charge in [0.1, 0.15) is 17.3 Å². The first-order chi connectivity index (χ1) is 17.5. The molecule has 5 aromatic rings. The number of carbonyl (C=O) groups is 1. The highest BCUT2D eigenvalue weighted by Crippen LogP contribution is 2.37. The molecule has 0 aliphatic carbocycles. The molecule has 0 saturated carbocycles. The minimum atomic E-state index is -0.578. The van der Waals surface area contributed by atoms with Crippen molar-refractivity contribution in [3.63, 3.8) is 0 Å². The smallest absolute Gasteiger partial charge is 0.255 e. The largest absolute Gasteiger partial charge is 0.493 e. The highest BCUT2D eigenvalue weighted by Gasteiger charge is 2.13. The highest BCUT2D eigenvalue weighted by molar-refractivity contribution is 6.31. The van der Waals surface area contributed by atoms with Crippen LogP contribution in [-0.4, -0.2) is 25.1 Å². The number of fused-ring (bicyclic) bond motifs is 2. The zero-order valence-corrected chi connectivity index (χ0v) is 20.1. The number of halogens is 2. The minimum absolute atomic E-state index is 0.109. The van der Waals surface area contributed by atoms with Gasteiger partial charge in [0, 0.05) is 34.3 Å². The standard InChI is InChI=1S/C28H20ClFN2O4/c1-34-26-14-20-24(15-27(26)35-2)31-11-10-25(20)36-18-7-8-19-16(12-18)4-3-5-23(19)32-28(33)17-6-9-22(30)21(29)13-17/h3-15H,1-2H3,(H,32,33). The second-order valence-corrected chi connectivity index (χ2v) is 8.31. The topological polar surface area (TPSA) is 69.7 Å². The van der Waals surface area contributed by atoms with Crippen LogP contribution in [0.15, 0.2) is 79.0 Å². The average molecular weight is 503 g/mol. The summed E-state index contributed by atoms with van der Waals surface area (Å²) in [5.41, 5.74) is 1.57. The Kier molecular flexibility index (Phi) is 6.31. The highest BCUT2D eigenvalue weighted by atomic mass is 35.5. The van der Waals surface area contributed by atoms with Crippen LogP contribution < -0.4 is 19.5 Å². The Bertz CT molecular complexity index is 1620. The van der Waals surface area contributed by atoms with Crippen molar-refractivity contribution in [1.29, 1.82) is 0 Å². The third-order valence-electron chi connectivity index (χ3n) is 5.72. The summed E-state index contributed by atoms with van der Waals surface area (Å²) in [6.07, 6.45) is 1.67. The molecule has 0 spiro atoms. The van der Waals surface area contributed by atoms with Gasteiger partial charge in [0.05, 0.1) is 24.8 Å². The van der Waals surface area contributed by atoms with Gasteiger partial charge in [-0.25, -0.2) is 4.39 Å². The van der Waals surface area contributed by atoms with Crippen LogP contribution in [0, 0.1) is 5.82 Å². The first-order valence-electron chi connectivity index (χ1n) is 10.9. The van der Waals surface area contributed by atoms with E-state index in [4.69, 9.17) is 25.8 Å². The molecule has 36 heavy (non-hydrogen) atoms. The number of amides is 1. The summed E-state index contributed by atoms with van der Waals surface area (Å²) in [5, 5.41) is 5.21. The van der Waals surface area contributed by atoms with Gasteiger partial charge in [-0.2, -0.15) is 0 Å². The van der Waals surface area contributed by atoms with Crippen LogP contribution in [0.1, 0.15) is 10.4 Å². The molecular weight excluding hydrogens is 483 g/mol. The molecule has 1 N–H and O–H groups in total. The summed E-state index contributed by atoms with van der Waals surface area (Å²) < 4.78 is 30.5. The Morgan fingerprint density at radius 2 is 1.69 bits per heavy atom. The molecule has 180 valence electrons. The second-order valence-electron chi connectivity index (χ2n) is 7.91. The lowest BCUT2D eigenvalue weighted by molar-refractivity contribution is 0.102. The number of hydrogen-bond donors (Lipinski definition) is 1. The third kappa shape index (κ3) is 4.48. The molecular formula is C28H20ClFN2O4. The van der Waals surface area contributed by atoms with Gasteiger partial charge in [0.2, 0.25) is 0 Å². The number of methoxy groups -OCH3 is 2. The zero-order chi connectivity index (χ0) is 25.2. The number of nitrogens with zero attached hydrogens (tertiary/aromatic N) is 1. The van der Waals surface area contributed by atoms with Crippen molar-refractivity contribution in [3.8, 4) is 23.0 Å².